The lowest BCUT2D eigenvalue weighted by molar-refractivity contribution is -0.144. The SMILES string of the molecule is C[C@H]1COCCN1CCCn1nc(-c2ccc(Cl)c(C#Cc3ccc(Cl)c(C(=O)NCCCCNC(=O)O)c3)c2)c2c1CCN(C(=O)C(N)=O)C2. The van der Waals surface area contributed by atoms with Crippen molar-refractivity contribution in [2.24, 2.45) is 5.73 Å². The minimum Gasteiger partial charge on any atom is -0.465 e. The quantitative estimate of drug-likeness (QED) is 0.132. The Morgan fingerprint density at radius 3 is 2.51 bits per heavy atom. The molecule has 3 heterocycles. The number of amides is 4. The van der Waals surface area contributed by atoms with Crippen LogP contribution in [0.5, 0.6) is 0 Å². The second-order valence-electron chi connectivity index (χ2n) is 12.5. The first kappa shape index (κ1) is 37.6. The smallest absolute Gasteiger partial charge is 0.404 e. The second kappa shape index (κ2) is 17.5. The van der Waals surface area contributed by atoms with Gasteiger partial charge in [0.15, 0.2) is 0 Å². The zero-order valence-corrected chi connectivity index (χ0v) is 29.9. The van der Waals surface area contributed by atoms with E-state index in [1.807, 2.05) is 16.8 Å². The molecule has 1 saturated heterocycles. The number of carbonyl (C=O) groups is 4. The van der Waals surface area contributed by atoms with Gasteiger partial charge in [0.05, 0.1) is 41.1 Å². The van der Waals surface area contributed by atoms with Gasteiger partial charge in [-0.2, -0.15) is 5.10 Å². The third kappa shape index (κ3) is 9.80. The molecule has 51 heavy (non-hydrogen) atoms. The van der Waals surface area contributed by atoms with Crippen molar-refractivity contribution in [3.8, 4) is 23.1 Å². The van der Waals surface area contributed by atoms with Crippen molar-refractivity contribution in [1.29, 1.82) is 0 Å². The molecular weight excluding hydrogens is 697 g/mol. The fraction of sp³-hybridized carbons (Fsp3) is 0.417. The van der Waals surface area contributed by atoms with Crippen LogP contribution in [-0.2, 0) is 33.8 Å². The number of carbonyl (C=O) groups excluding carboxylic acids is 3. The Balaban J connectivity index is 1.36. The number of hydrogen-bond donors (Lipinski definition) is 4. The summed E-state index contributed by atoms with van der Waals surface area (Å²) >= 11 is 12.9. The first-order valence-electron chi connectivity index (χ1n) is 16.9. The van der Waals surface area contributed by atoms with E-state index in [4.69, 9.17) is 43.9 Å². The summed E-state index contributed by atoms with van der Waals surface area (Å²) in [7, 11) is 0. The maximum absolute atomic E-state index is 12.8. The molecule has 0 spiro atoms. The summed E-state index contributed by atoms with van der Waals surface area (Å²) in [6.45, 7) is 7.31. The normalized spacial score (nSPS) is 15.7. The van der Waals surface area contributed by atoms with Crippen molar-refractivity contribution in [1.82, 2.24) is 30.2 Å². The molecule has 0 unspecified atom stereocenters. The first-order valence-corrected chi connectivity index (χ1v) is 17.6. The predicted octanol–water partition coefficient (Wildman–Crippen LogP) is 3.52. The molecule has 270 valence electrons. The molecule has 5 rings (SSSR count). The van der Waals surface area contributed by atoms with E-state index >= 15 is 0 Å². The van der Waals surface area contributed by atoms with Crippen LogP contribution in [0.1, 0.15) is 58.9 Å². The molecule has 1 fully saturated rings. The number of carboxylic acid groups (broad SMARTS) is 1. The second-order valence-corrected chi connectivity index (χ2v) is 13.3. The number of hydrogen-bond acceptors (Lipinski definition) is 7. The van der Waals surface area contributed by atoms with Crippen LogP contribution in [0.3, 0.4) is 0 Å². The minimum atomic E-state index is -1.09. The van der Waals surface area contributed by atoms with Crippen molar-refractivity contribution in [3.05, 3.63) is 74.4 Å². The summed E-state index contributed by atoms with van der Waals surface area (Å²) in [5.74, 6) is 4.11. The fourth-order valence-corrected chi connectivity index (χ4v) is 6.55. The van der Waals surface area contributed by atoms with E-state index in [2.05, 4.69) is 34.3 Å². The number of unbranched alkanes of at least 4 members (excludes halogenated alkanes) is 1. The van der Waals surface area contributed by atoms with Gasteiger partial charge >= 0.3 is 17.9 Å². The van der Waals surface area contributed by atoms with E-state index in [9.17, 15) is 19.2 Å². The predicted molar refractivity (Wildman–Crippen MR) is 192 cm³/mol. The molecule has 0 aliphatic carbocycles. The van der Waals surface area contributed by atoms with Crippen LogP contribution >= 0.6 is 23.2 Å². The Labute approximate surface area is 306 Å². The summed E-state index contributed by atoms with van der Waals surface area (Å²) < 4.78 is 7.59. The summed E-state index contributed by atoms with van der Waals surface area (Å²) in [5.41, 5.74) is 9.99. The van der Waals surface area contributed by atoms with E-state index < -0.39 is 17.9 Å². The van der Waals surface area contributed by atoms with Gasteiger partial charge in [-0.25, -0.2) is 4.79 Å². The number of benzene rings is 2. The van der Waals surface area contributed by atoms with Gasteiger partial charge in [0.25, 0.3) is 5.91 Å². The molecule has 1 atom stereocenters. The zero-order valence-electron chi connectivity index (χ0n) is 28.3. The Kier molecular flexibility index (Phi) is 13.0. The third-order valence-corrected chi connectivity index (χ3v) is 9.57. The number of morpholine rings is 1. The average Bonchev–Trinajstić information content (AvgIpc) is 3.47. The maximum atomic E-state index is 12.8. The molecule has 5 N–H and O–H groups in total. The number of fused-ring (bicyclic) bond motifs is 1. The summed E-state index contributed by atoms with van der Waals surface area (Å²) in [6, 6.07) is 10.7. The number of primary amides is 1. The number of ether oxygens (including phenoxy) is 1. The van der Waals surface area contributed by atoms with Crippen LogP contribution in [0.15, 0.2) is 36.4 Å². The van der Waals surface area contributed by atoms with E-state index in [0.29, 0.717) is 73.3 Å². The molecule has 15 heteroatoms. The monoisotopic (exact) mass is 737 g/mol. The third-order valence-electron chi connectivity index (χ3n) is 8.91. The number of nitrogens with two attached hydrogens (primary N) is 1. The van der Waals surface area contributed by atoms with E-state index in [-0.39, 0.29) is 23.0 Å². The van der Waals surface area contributed by atoms with Gasteiger partial charge < -0.3 is 31.1 Å². The van der Waals surface area contributed by atoms with Crippen LogP contribution in [-0.4, -0.2) is 100 Å². The van der Waals surface area contributed by atoms with Gasteiger partial charge in [-0.05, 0) is 56.5 Å². The van der Waals surface area contributed by atoms with Gasteiger partial charge in [0, 0.05) is 79.7 Å². The molecular formula is C36H41Cl2N7O6. The highest BCUT2D eigenvalue weighted by Crippen LogP contribution is 2.32. The van der Waals surface area contributed by atoms with Crippen molar-refractivity contribution >= 4 is 47.0 Å². The summed E-state index contributed by atoms with van der Waals surface area (Å²) in [4.78, 5) is 51.6. The molecule has 4 amide bonds. The van der Waals surface area contributed by atoms with Crippen LogP contribution in [0.25, 0.3) is 11.3 Å². The van der Waals surface area contributed by atoms with Crippen molar-refractivity contribution in [3.63, 3.8) is 0 Å². The fourth-order valence-electron chi connectivity index (χ4n) is 6.18. The number of nitrogens with one attached hydrogen (secondary N) is 2. The first-order chi connectivity index (χ1) is 24.5. The highest BCUT2D eigenvalue weighted by Gasteiger charge is 2.30. The molecule has 0 saturated carbocycles. The lowest BCUT2D eigenvalue weighted by Crippen LogP contribution is -2.44. The van der Waals surface area contributed by atoms with Gasteiger partial charge in [-0.1, -0.05) is 41.1 Å². The number of rotatable bonds is 11. The van der Waals surface area contributed by atoms with Crippen molar-refractivity contribution in [2.75, 3.05) is 45.9 Å². The lowest BCUT2D eigenvalue weighted by atomic mass is 9.99. The van der Waals surface area contributed by atoms with Gasteiger partial charge in [0.1, 0.15) is 0 Å². The van der Waals surface area contributed by atoms with Gasteiger partial charge in [-0.15, -0.1) is 0 Å². The van der Waals surface area contributed by atoms with Crippen LogP contribution in [0, 0.1) is 11.8 Å². The van der Waals surface area contributed by atoms with E-state index in [0.717, 1.165) is 49.5 Å². The molecule has 1 aromatic heterocycles. The van der Waals surface area contributed by atoms with Gasteiger partial charge in [-0.3, -0.25) is 24.0 Å². The molecule has 0 radical (unpaired) electrons. The van der Waals surface area contributed by atoms with Crippen molar-refractivity contribution in [2.45, 2.75) is 51.7 Å². The highest BCUT2D eigenvalue weighted by molar-refractivity contribution is 6.34. The average molecular weight is 739 g/mol. The zero-order chi connectivity index (χ0) is 36.5. The molecule has 0 bridgehead atoms. The molecule has 2 aliphatic heterocycles. The topological polar surface area (TPSA) is 172 Å². The standard InChI is InChI=1S/C36H41Cl2N7O6/c1-23-22-51-18-17-43(23)14-4-15-45-31-11-16-44(35(48)33(39)46)21-28(31)32(42-45)26-8-10-29(37)25(20-26)7-5-24-6-9-30(38)27(19-24)34(47)40-12-2-3-13-41-36(49)50/h6,8-10,19-20,23,41H,2-4,11-18,21-22H2,1H3,(H2,39,46)(H,40,47)(H,49,50)/t23-/m0/s1. The Hall–Kier alpha value is -4.61. The lowest BCUT2D eigenvalue weighted by Gasteiger charge is -2.33. The van der Waals surface area contributed by atoms with Gasteiger partial charge in [0.2, 0.25) is 0 Å². The van der Waals surface area contributed by atoms with Crippen LogP contribution < -0.4 is 16.4 Å². The molecule has 13 nitrogen and oxygen atoms in total. The number of halogens is 2. The molecule has 2 aliphatic rings. The van der Waals surface area contributed by atoms with Crippen LogP contribution in [0.4, 0.5) is 4.79 Å². The number of nitrogens with zero attached hydrogens (tertiary/aromatic N) is 4. The Morgan fingerprint density at radius 2 is 1.76 bits per heavy atom. The van der Waals surface area contributed by atoms with E-state index in [1.54, 1.807) is 24.3 Å². The van der Waals surface area contributed by atoms with E-state index in [1.165, 1.54) is 4.90 Å². The molecule has 2 aromatic carbocycles. The van der Waals surface area contributed by atoms with Crippen LogP contribution in [0.2, 0.25) is 10.0 Å². The molecule has 3 aromatic rings. The Morgan fingerprint density at radius 1 is 1.00 bits per heavy atom. The Bertz CT molecular complexity index is 1850. The largest absolute Gasteiger partial charge is 0.465 e. The highest BCUT2D eigenvalue weighted by atomic mass is 35.5. The summed E-state index contributed by atoms with van der Waals surface area (Å²) in [5, 5.41) is 19.5. The number of aromatic nitrogens is 2. The van der Waals surface area contributed by atoms with Crippen molar-refractivity contribution < 1.29 is 29.0 Å². The summed E-state index contributed by atoms with van der Waals surface area (Å²) in [6.07, 6.45) is 1.49. The minimum absolute atomic E-state index is 0.200. The number of aryl methyl sites for hydroxylation is 1. The maximum Gasteiger partial charge on any atom is 0.404 e.